The number of hydrogen-bond donors (Lipinski definition) is 1. The van der Waals surface area contributed by atoms with Crippen LogP contribution in [0.2, 0.25) is 0 Å². The average molecular weight is 240 g/mol. The van der Waals surface area contributed by atoms with Gasteiger partial charge in [-0.1, -0.05) is 0 Å². The van der Waals surface area contributed by atoms with E-state index in [4.69, 9.17) is 4.55 Å². The maximum absolute atomic E-state index is 11.1. The Kier molecular flexibility index (Phi) is 5.23. The Morgan fingerprint density at radius 3 is 2.27 bits per heavy atom. The summed E-state index contributed by atoms with van der Waals surface area (Å²) >= 11 is 0. The summed E-state index contributed by atoms with van der Waals surface area (Å²) in [7, 11) is -3.63. The van der Waals surface area contributed by atoms with E-state index in [-0.39, 0.29) is 6.61 Å². The molecule has 8 heteroatoms. The molecule has 0 heterocycles. The number of ether oxygens (including phenoxy) is 2. The van der Waals surface area contributed by atoms with Crippen molar-refractivity contribution in [3.05, 3.63) is 0 Å². The van der Waals surface area contributed by atoms with Crippen LogP contribution in [0.5, 0.6) is 0 Å². The van der Waals surface area contributed by atoms with Gasteiger partial charge in [0.2, 0.25) is 0 Å². The van der Waals surface area contributed by atoms with Gasteiger partial charge in [-0.15, -0.1) is 0 Å². The molecular weight excluding hydrogens is 228 g/mol. The molecule has 7 nitrogen and oxygen atoms in total. The lowest BCUT2D eigenvalue weighted by Crippen LogP contribution is -2.34. The standard InChI is InChI=1S/C7H12O7S/c1-3-14-7(9)5(15(10,11)12)4-6(8)13-2/h5H,3-4H2,1-2H3,(H,10,11,12). The van der Waals surface area contributed by atoms with Crippen molar-refractivity contribution in [1.29, 1.82) is 0 Å². The van der Waals surface area contributed by atoms with E-state index >= 15 is 0 Å². The van der Waals surface area contributed by atoms with Gasteiger partial charge in [0.1, 0.15) is 0 Å². The van der Waals surface area contributed by atoms with Crippen molar-refractivity contribution in [2.45, 2.75) is 18.6 Å². The van der Waals surface area contributed by atoms with Gasteiger partial charge in [-0.3, -0.25) is 14.1 Å². The number of hydrogen-bond acceptors (Lipinski definition) is 6. The van der Waals surface area contributed by atoms with E-state index in [9.17, 15) is 18.0 Å². The number of rotatable bonds is 5. The van der Waals surface area contributed by atoms with Gasteiger partial charge in [0, 0.05) is 0 Å². The van der Waals surface area contributed by atoms with Crippen LogP contribution in [-0.4, -0.2) is 43.9 Å². The highest BCUT2D eigenvalue weighted by molar-refractivity contribution is 7.87. The highest BCUT2D eigenvalue weighted by Gasteiger charge is 2.35. The normalized spacial score (nSPS) is 13.0. The summed E-state index contributed by atoms with van der Waals surface area (Å²) in [5, 5.41) is -1.93. The molecule has 0 bridgehead atoms. The number of carbonyl (C=O) groups is 2. The van der Waals surface area contributed by atoms with Crippen LogP contribution in [0.1, 0.15) is 13.3 Å². The molecule has 0 aliphatic rings. The van der Waals surface area contributed by atoms with Gasteiger partial charge in [-0.25, -0.2) is 0 Å². The van der Waals surface area contributed by atoms with E-state index in [1.165, 1.54) is 6.92 Å². The van der Waals surface area contributed by atoms with Crippen LogP contribution in [0, 0.1) is 0 Å². The van der Waals surface area contributed by atoms with Crippen molar-refractivity contribution in [3.8, 4) is 0 Å². The second-order valence-corrected chi connectivity index (χ2v) is 4.13. The van der Waals surface area contributed by atoms with E-state index < -0.39 is 33.7 Å². The fourth-order valence-corrected chi connectivity index (χ4v) is 1.44. The van der Waals surface area contributed by atoms with E-state index in [0.717, 1.165) is 7.11 Å². The van der Waals surface area contributed by atoms with Crippen LogP contribution in [0.4, 0.5) is 0 Å². The van der Waals surface area contributed by atoms with E-state index in [1.807, 2.05) is 0 Å². The fourth-order valence-electron chi connectivity index (χ4n) is 0.780. The topological polar surface area (TPSA) is 107 Å². The highest BCUT2D eigenvalue weighted by Crippen LogP contribution is 2.08. The molecule has 0 saturated heterocycles. The predicted octanol–water partition coefficient (Wildman–Crippen LogP) is -0.631. The van der Waals surface area contributed by atoms with E-state index in [2.05, 4.69) is 9.47 Å². The molecule has 1 N–H and O–H groups in total. The first-order chi connectivity index (χ1) is 6.82. The maximum atomic E-state index is 11.1. The molecule has 0 radical (unpaired) electrons. The number of carbonyl (C=O) groups excluding carboxylic acids is 2. The second kappa shape index (κ2) is 5.66. The Labute approximate surface area is 87.1 Å². The Hall–Kier alpha value is -1.15. The van der Waals surface area contributed by atoms with Crippen LogP contribution in [0.15, 0.2) is 0 Å². The van der Waals surface area contributed by atoms with Crippen molar-refractivity contribution >= 4 is 22.1 Å². The van der Waals surface area contributed by atoms with Crippen LogP contribution >= 0.6 is 0 Å². The molecule has 0 fully saturated rings. The summed E-state index contributed by atoms with van der Waals surface area (Å²) in [5.41, 5.74) is 0. The average Bonchev–Trinajstić information content (AvgIpc) is 2.12. The van der Waals surface area contributed by atoms with Gasteiger partial charge in [0.15, 0.2) is 5.25 Å². The van der Waals surface area contributed by atoms with Crippen LogP contribution < -0.4 is 0 Å². The fraction of sp³-hybridized carbons (Fsp3) is 0.714. The summed E-state index contributed by atoms with van der Waals surface area (Å²) in [5.74, 6) is -2.10. The minimum atomic E-state index is -4.67. The molecule has 0 aromatic carbocycles. The van der Waals surface area contributed by atoms with Crippen molar-refractivity contribution in [2.24, 2.45) is 0 Å². The summed E-state index contributed by atoms with van der Waals surface area (Å²) < 4.78 is 38.7. The third-order valence-corrected chi connectivity index (χ3v) is 2.57. The first-order valence-electron chi connectivity index (χ1n) is 4.02. The molecule has 88 valence electrons. The molecule has 0 saturated carbocycles. The van der Waals surface area contributed by atoms with Crippen molar-refractivity contribution in [2.75, 3.05) is 13.7 Å². The monoisotopic (exact) mass is 240 g/mol. The van der Waals surface area contributed by atoms with Crippen molar-refractivity contribution in [1.82, 2.24) is 0 Å². The third-order valence-electron chi connectivity index (χ3n) is 1.49. The molecule has 0 aliphatic carbocycles. The van der Waals surface area contributed by atoms with Gasteiger partial charge >= 0.3 is 11.9 Å². The number of methoxy groups -OCH3 is 1. The Morgan fingerprint density at radius 2 is 1.93 bits per heavy atom. The van der Waals surface area contributed by atoms with Crippen LogP contribution in [-0.2, 0) is 29.2 Å². The molecule has 1 atom stereocenters. The molecule has 15 heavy (non-hydrogen) atoms. The van der Waals surface area contributed by atoms with Crippen molar-refractivity contribution < 1.29 is 32.0 Å². The Balaban J connectivity index is 4.75. The van der Waals surface area contributed by atoms with Gasteiger partial charge in [-0.05, 0) is 6.92 Å². The zero-order valence-electron chi connectivity index (χ0n) is 8.30. The molecule has 0 aromatic heterocycles. The minimum absolute atomic E-state index is 0.0496. The zero-order chi connectivity index (χ0) is 12.1. The van der Waals surface area contributed by atoms with Gasteiger partial charge < -0.3 is 9.47 Å². The summed E-state index contributed by atoms with van der Waals surface area (Å²) in [6.45, 7) is 1.42. The van der Waals surface area contributed by atoms with Gasteiger partial charge in [-0.2, -0.15) is 8.42 Å². The van der Waals surface area contributed by atoms with Gasteiger partial charge in [0.05, 0.1) is 20.1 Å². The van der Waals surface area contributed by atoms with Gasteiger partial charge in [0.25, 0.3) is 10.1 Å². The molecule has 0 aliphatic heterocycles. The summed E-state index contributed by atoms with van der Waals surface area (Å²) in [6, 6.07) is 0. The Morgan fingerprint density at radius 1 is 1.40 bits per heavy atom. The maximum Gasteiger partial charge on any atom is 0.327 e. The quantitative estimate of drug-likeness (QED) is 0.503. The largest absolute Gasteiger partial charge is 0.469 e. The first kappa shape index (κ1) is 13.8. The highest BCUT2D eigenvalue weighted by atomic mass is 32.2. The SMILES string of the molecule is CCOC(=O)C(CC(=O)OC)S(=O)(=O)O. The lowest BCUT2D eigenvalue weighted by molar-refractivity contribution is -0.148. The number of esters is 2. The van der Waals surface area contributed by atoms with E-state index in [0.29, 0.717) is 0 Å². The third kappa shape index (κ3) is 4.75. The molecule has 0 aromatic rings. The second-order valence-electron chi connectivity index (χ2n) is 2.54. The minimum Gasteiger partial charge on any atom is -0.469 e. The van der Waals surface area contributed by atoms with Crippen LogP contribution in [0.3, 0.4) is 0 Å². The zero-order valence-corrected chi connectivity index (χ0v) is 9.11. The lowest BCUT2D eigenvalue weighted by Gasteiger charge is -2.10. The smallest absolute Gasteiger partial charge is 0.327 e. The molecule has 1 unspecified atom stereocenters. The predicted molar refractivity (Wildman–Crippen MR) is 48.6 cm³/mol. The summed E-state index contributed by atoms with van der Waals surface area (Å²) in [6.07, 6.45) is -0.770. The molecule has 0 spiro atoms. The van der Waals surface area contributed by atoms with Crippen LogP contribution in [0.25, 0.3) is 0 Å². The summed E-state index contributed by atoms with van der Waals surface area (Å²) in [4.78, 5) is 21.8. The van der Waals surface area contributed by atoms with Crippen molar-refractivity contribution in [3.63, 3.8) is 0 Å². The molecule has 0 amide bonds. The first-order valence-corrected chi connectivity index (χ1v) is 5.53. The van der Waals surface area contributed by atoms with E-state index in [1.54, 1.807) is 0 Å². The molecular formula is C7H12O7S. The lowest BCUT2D eigenvalue weighted by atomic mass is 10.3. The Bertz CT molecular complexity index is 331. The molecule has 0 rings (SSSR count).